The van der Waals surface area contributed by atoms with Gasteiger partial charge in [0.05, 0.1) is 16.8 Å². The van der Waals surface area contributed by atoms with Gasteiger partial charge in [-0.25, -0.2) is 0 Å². The molecule has 3 N–H and O–H groups in total. The van der Waals surface area contributed by atoms with Gasteiger partial charge in [-0.1, -0.05) is 6.92 Å². The zero-order chi connectivity index (χ0) is 12.3. The molecule has 0 aliphatic heterocycles. The summed E-state index contributed by atoms with van der Waals surface area (Å²) in [6.07, 6.45) is 2.51. The molecular weight excluding hydrogens is 204 g/mol. The van der Waals surface area contributed by atoms with Crippen LogP contribution in [0, 0.1) is 12.3 Å². The number of hydrogen-bond acceptors (Lipinski definition) is 3. The molecule has 1 aromatic rings. The maximum atomic E-state index is 12.0. The molecule has 1 amide bonds. The van der Waals surface area contributed by atoms with Crippen LogP contribution in [0.2, 0.25) is 0 Å². The van der Waals surface area contributed by atoms with Crippen molar-refractivity contribution in [1.29, 1.82) is 0 Å². The second-order valence-electron chi connectivity index (χ2n) is 4.37. The van der Waals surface area contributed by atoms with Crippen molar-refractivity contribution >= 4 is 11.6 Å². The van der Waals surface area contributed by atoms with E-state index in [4.69, 9.17) is 5.73 Å². The third-order valence-electron chi connectivity index (χ3n) is 3.04. The van der Waals surface area contributed by atoms with Crippen molar-refractivity contribution in [1.82, 2.24) is 9.78 Å². The normalized spacial score (nSPS) is 14.6. The molecule has 1 rings (SSSR count). The van der Waals surface area contributed by atoms with E-state index in [-0.39, 0.29) is 5.91 Å². The molecule has 0 fully saturated rings. The molecule has 16 heavy (non-hydrogen) atoms. The van der Waals surface area contributed by atoms with Crippen molar-refractivity contribution in [3.63, 3.8) is 0 Å². The number of aryl methyl sites for hydroxylation is 2. The van der Waals surface area contributed by atoms with Gasteiger partial charge in [0.15, 0.2) is 0 Å². The molecule has 1 unspecified atom stereocenters. The fourth-order valence-corrected chi connectivity index (χ4v) is 1.39. The highest BCUT2D eigenvalue weighted by Crippen LogP contribution is 2.22. The lowest BCUT2D eigenvalue weighted by atomic mass is 9.86. The van der Waals surface area contributed by atoms with Gasteiger partial charge >= 0.3 is 0 Å². The summed E-state index contributed by atoms with van der Waals surface area (Å²) in [5, 5.41) is 7.04. The molecule has 0 aromatic carbocycles. The number of rotatable bonds is 4. The number of anilines is 1. The first-order chi connectivity index (χ1) is 7.42. The fraction of sp³-hybridized carbons (Fsp3) is 0.636. The number of amides is 1. The van der Waals surface area contributed by atoms with E-state index in [0.29, 0.717) is 13.0 Å². The van der Waals surface area contributed by atoms with Crippen molar-refractivity contribution in [2.45, 2.75) is 27.2 Å². The summed E-state index contributed by atoms with van der Waals surface area (Å²) in [7, 11) is 1.82. The molecule has 0 bridgehead atoms. The Hall–Kier alpha value is -1.36. The Morgan fingerprint density at radius 1 is 1.69 bits per heavy atom. The van der Waals surface area contributed by atoms with Gasteiger partial charge in [0.2, 0.25) is 5.91 Å². The van der Waals surface area contributed by atoms with Crippen LogP contribution in [-0.4, -0.2) is 22.2 Å². The minimum atomic E-state index is -0.512. The smallest absolute Gasteiger partial charge is 0.231 e. The summed E-state index contributed by atoms with van der Waals surface area (Å²) in [5.41, 5.74) is 6.68. The fourth-order valence-electron chi connectivity index (χ4n) is 1.39. The lowest BCUT2D eigenvalue weighted by Crippen LogP contribution is -2.39. The Morgan fingerprint density at radius 2 is 2.31 bits per heavy atom. The Balaban J connectivity index is 2.82. The van der Waals surface area contributed by atoms with Crippen LogP contribution in [0.15, 0.2) is 6.20 Å². The highest BCUT2D eigenvalue weighted by molar-refractivity contribution is 5.95. The van der Waals surface area contributed by atoms with Crippen LogP contribution in [0.1, 0.15) is 26.0 Å². The monoisotopic (exact) mass is 224 g/mol. The topological polar surface area (TPSA) is 72.9 Å². The highest BCUT2D eigenvalue weighted by Gasteiger charge is 2.30. The van der Waals surface area contributed by atoms with Gasteiger partial charge in [-0.2, -0.15) is 5.10 Å². The SMILES string of the molecule is CCC(C)(CN)C(=O)Nc1cn(C)nc1C. The predicted molar refractivity (Wildman–Crippen MR) is 64.0 cm³/mol. The molecule has 0 aliphatic rings. The van der Waals surface area contributed by atoms with Crippen LogP contribution in [0.25, 0.3) is 0 Å². The van der Waals surface area contributed by atoms with Crippen LogP contribution >= 0.6 is 0 Å². The third-order valence-corrected chi connectivity index (χ3v) is 3.04. The van der Waals surface area contributed by atoms with E-state index in [0.717, 1.165) is 11.4 Å². The van der Waals surface area contributed by atoms with Gasteiger partial charge in [0, 0.05) is 19.8 Å². The molecule has 1 heterocycles. The molecule has 5 heteroatoms. The summed E-state index contributed by atoms with van der Waals surface area (Å²) in [6.45, 7) is 6.03. The summed E-state index contributed by atoms with van der Waals surface area (Å²) >= 11 is 0. The van der Waals surface area contributed by atoms with E-state index in [2.05, 4.69) is 10.4 Å². The van der Waals surface area contributed by atoms with E-state index >= 15 is 0 Å². The minimum Gasteiger partial charge on any atom is -0.329 e. The quantitative estimate of drug-likeness (QED) is 0.802. The van der Waals surface area contributed by atoms with Gasteiger partial charge in [-0.3, -0.25) is 9.48 Å². The Labute approximate surface area is 96.0 Å². The van der Waals surface area contributed by atoms with E-state index in [9.17, 15) is 4.79 Å². The van der Waals surface area contributed by atoms with Crippen LogP contribution in [0.4, 0.5) is 5.69 Å². The van der Waals surface area contributed by atoms with Crippen LogP contribution in [-0.2, 0) is 11.8 Å². The Morgan fingerprint density at radius 3 is 2.69 bits per heavy atom. The first kappa shape index (κ1) is 12.7. The number of aromatic nitrogens is 2. The molecule has 0 radical (unpaired) electrons. The summed E-state index contributed by atoms with van der Waals surface area (Å²) < 4.78 is 1.68. The Bertz CT molecular complexity index is 379. The van der Waals surface area contributed by atoms with Gasteiger partial charge < -0.3 is 11.1 Å². The number of carbonyl (C=O) groups excluding carboxylic acids is 1. The zero-order valence-electron chi connectivity index (χ0n) is 10.4. The molecule has 90 valence electrons. The van der Waals surface area contributed by atoms with Gasteiger partial charge in [-0.05, 0) is 20.3 Å². The third kappa shape index (κ3) is 2.41. The lowest BCUT2D eigenvalue weighted by Gasteiger charge is -2.24. The first-order valence-electron chi connectivity index (χ1n) is 5.44. The maximum Gasteiger partial charge on any atom is 0.231 e. The van der Waals surface area contributed by atoms with Crippen molar-refractivity contribution < 1.29 is 4.79 Å². The van der Waals surface area contributed by atoms with E-state index in [1.165, 1.54) is 0 Å². The average molecular weight is 224 g/mol. The predicted octanol–water partition coefficient (Wildman–Crippen LogP) is 1.04. The summed E-state index contributed by atoms with van der Waals surface area (Å²) in [4.78, 5) is 12.0. The van der Waals surface area contributed by atoms with Crippen molar-refractivity contribution in [3.05, 3.63) is 11.9 Å². The first-order valence-corrected chi connectivity index (χ1v) is 5.44. The van der Waals surface area contributed by atoms with Gasteiger partial charge in [0.25, 0.3) is 0 Å². The lowest BCUT2D eigenvalue weighted by molar-refractivity contribution is -0.124. The van der Waals surface area contributed by atoms with Gasteiger partial charge in [-0.15, -0.1) is 0 Å². The molecule has 5 nitrogen and oxygen atoms in total. The molecule has 0 aliphatic carbocycles. The summed E-state index contributed by atoms with van der Waals surface area (Å²) in [6, 6.07) is 0. The van der Waals surface area contributed by atoms with Gasteiger partial charge in [0.1, 0.15) is 0 Å². The molecular formula is C11H20N4O. The number of nitrogens with one attached hydrogen (secondary N) is 1. The van der Waals surface area contributed by atoms with Crippen LogP contribution in [0.3, 0.4) is 0 Å². The molecule has 0 saturated carbocycles. The number of hydrogen-bond donors (Lipinski definition) is 2. The zero-order valence-corrected chi connectivity index (χ0v) is 10.4. The largest absolute Gasteiger partial charge is 0.329 e. The Kier molecular flexibility index (Phi) is 3.70. The van der Waals surface area contributed by atoms with E-state index in [1.54, 1.807) is 10.9 Å². The standard InChI is InChI=1S/C11H20N4O/c1-5-11(3,7-12)10(16)13-9-6-15(4)14-8(9)2/h6H,5,7,12H2,1-4H3,(H,13,16). The molecule has 1 atom stereocenters. The number of nitrogens with two attached hydrogens (primary N) is 1. The van der Waals surface area contributed by atoms with Crippen LogP contribution in [0.5, 0.6) is 0 Å². The highest BCUT2D eigenvalue weighted by atomic mass is 16.2. The van der Waals surface area contributed by atoms with Crippen LogP contribution < -0.4 is 11.1 Å². The van der Waals surface area contributed by atoms with E-state index in [1.807, 2.05) is 27.8 Å². The second-order valence-corrected chi connectivity index (χ2v) is 4.37. The summed E-state index contributed by atoms with van der Waals surface area (Å²) in [5.74, 6) is -0.0476. The van der Waals surface area contributed by atoms with Crippen molar-refractivity contribution in [2.24, 2.45) is 18.2 Å². The number of carbonyl (C=O) groups is 1. The second kappa shape index (κ2) is 4.65. The van der Waals surface area contributed by atoms with Crippen molar-refractivity contribution in [3.8, 4) is 0 Å². The molecule has 1 aromatic heterocycles. The number of nitrogens with zero attached hydrogens (tertiary/aromatic N) is 2. The maximum absolute atomic E-state index is 12.0. The van der Waals surface area contributed by atoms with E-state index < -0.39 is 5.41 Å². The molecule has 0 saturated heterocycles. The minimum absolute atomic E-state index is 0.0476. The van der Waals surface area contributed by atoms with Crippen molar-refractivity contribution in [2.75, 3.05) is 11.9 Å². The molecule has 0 spiro atoms. The average Bonchev–Trinajstić information content (AvgIpc) is 2.56.